The van der Waals surface area contributed by atoms with Gasteiger partial charge in [0.2, 0.25) is 11.9 Å². The number of carbonyl (C=O) groups is 1. The molecule has 0 fully saturated rings. The fraction of sp³-hybridized carbons (Fsp3) is 0.480. The van der Waals surface area contributed by atoms with Crippen molar-refractivity contribution in [3.63, 3.8) is 0 Å². The average Bonchev–Trinajstić information content (AvgIpc) is 3.20. The third-order valence-electron chi connectivity index (χ3n) is 5.73. The molecule has 13 heteroatoms. The molecular formula is C25H32ClF3N6O3. The lowest BCUT2D eigenvalue weighted by molar-refractivity contribution is -0.137. The first-order chi connectivity index (χ1) is 17.5. The molecule has 0 bridgehead atoms. The van der Waals surface area contributed by atoms with E-state index in [1.165, 1.54) is 11.0 Å². The maximum Gasteiger partial charge on any atom is 0.417 e. The van der Waals surface area contributed by atoms with E-state index in [0.29, 0.717) is 12.0 Å². The second kappa shape index (κ2) is 10.9. The smallest absolute Gasteiger partial charge is 0.417 e. The number of aromatic nitrogens is 3. The molecule has 1 aromatic heterocycles. The van der Waals surface area contributed by atoms with E-state index in [2.05, 4.69) is 20.5 Å². The van der Waals surface area contributed by atoms with Crippen LogP contribution in [-0.2, 0) is 15.7 Å². The zero-order valence-corrected chi connectivity index (χ0v) is 22.8. The van der Waals surface area contributed by atoms with E-state index in [4.69, 9.17) is 26.8 Å². The van der Waals surface area contributed by atoms with Crippen molar-refractivity contribution in [1.29, 1.82) is 0 Å². The number of nitrogens with zero attached hydrogens (tertiary/aromatic N) is 3. The highest BCUT2D eigenvalue weighted by atomic mass is 35.5. The van der Waals surface area contributed by atoms with Gasteiger partial charge in [-0.05, 0) is 58.7 Å². The molecule has 1 atom stereocenters. The summed E-state index contributed by atoms with van der Waals surface area (Å²) in [6, 6.07) is 2.31. The number of alkyl halides is 3. The molecule has 0 saturated heterocycles. The summed E-state index contributed by atoms with van der Waals surface area (Å²) in [6.45, 7) is 9.21. The number of rotatable bonds is 7. The van der Waals surface area contributed by atoms with Crippen LogP contribution in [0.25, 0.3) is 5.57 Å². The molecule has 0 saturated carbocycles. The first kappa shape index (κ1) is 29.3. The molecule has 1 aliphatic carbocycles. The Morgan fingerprint density at radius 2 is 1.95 bits per heavy atom. The lowest BCUT2D eigenvalue weighted by atomic mass is 9.93. The predicted octanol–water partition coefficient (Wildman–Crippen LogP) is 6.18. The molecule has 0 aliphatic heterocycles. The van der Waals surface area contributed by atoms with Crippen molar-refractivity contribution in [2.45, 2.75) is 64.5 Å². The predicted molar refractivity (Wildman–Crippen MR) is 140 cm³/mol. The Balaban J connectivity index is 1.73. The van der Waals surface area contributed by atoms with Gasteiger partial charge in [0.25, 0.3) is 0 Å². The molecule has 1 amide bonds. The molecule has 0 spiro atoms. The maximum absolute atomic E-state index is 14.0. The zero-order chi connectivity index (χ0) is 28.5. The summed E-state index contributed by atoms with van der Waals surface area (Å²) in [5, 5.41) is 8.73. The minimum Gasteiger partial charge on any atom is -0.444 e. The number of likely N-dealkylation sites (N-methyl/N-ethyl adjacent to an activating group) is 1. The summed E-state index contributed by atoms with van der Waals surface area (Å²) in [4.78, 5) is 17.7. The van der Waals surface area contributed by atoms with Crippen LogP contribution < -0.4 is 11.1 Å². The van der Waals surface area contributed by atoms with Gasteiger partial charge in [0.1, 0.15) is 5.60 Å². The summed E-state index contributed by atoms with van der Waals surface area (Å²) >= 11 is 6.34. The summed E-state index contributed by atoms with van der Waals surface area (Å²) in [7, 11) is 1.63. The summed E-state index contributed by atoms with van der Waals surface area (Å²) in [5.41, 5.74) is 3.47. The number of anilines is 3. The van der Waals surface area contributed by atoms with E-state index in [1.807, 2.05) is 13.8 Å². The molecule has 3 rings (SSSR count). The fourth-order valence-electron chi connectivity index (χ4n) is 3.55. The number of aromatic amines is 1. The molecule has 4 N–H and O–H groups in total. The van der Waals surface area contributed by atoms with Crippen LogP contribution in [0, 0.1) is 0 Å². The molecule has 0 radical (unpaired) electrons. The molecule has 1 aliphatic rings. The molecule has 2 aromatic rings. The number of halogens is 4. The highest BCUT2D eigenvalue weighted by Crippen LogP contribution is 2.42. The highest BCUT2D eigenvalue weighted by Gasteiger charge is 2.36. The van der Waals surface area contributed by atoms with Gasteiger partial charge in [-0.2, -0.15) is 18.2 Å². The number of amides is 1. The Bertz CT molecular complexity index is 1230. The third kappa shape index (κ3) is 7.41. The number of nitrogens with one attached hydrogen (secondary N) is 2. The Kier molecular flexibility index (Phi) is 8.37. The van der Waals surface area contributed by atoms with E-state index in [0.717, 1.165) is 6.07 Å². The van der Waals surface area contributed by atoms with Crippen LogP contribution in [0.15, 0.2) is 30.4 Å². The molecule has 9 nitrogen and oxygen atoms in total. The molecule has 1 unspecified atom stereocenters. The molecule has 208 valence electrons. The van der Waals surface area contributed by atoms with Gasteiger partial charge in [0.15, 0.2) is 0 Å². The van der Waals surface area contributed by atoms with Crippen LogP contribution >= 0.6 is 11.6 Å². The summed E-state index contributed by atoms with van der Waals surface area (Å²) < 4.78 is 53.4. The summed E-state index contributed by atoms with van der Waals surface area (Å²) in [5.74, 6) is 0.0249. The van der Waals surface area contributed by atoms with Gasteiger partial charge in [-0.25, -0.2) is 9.89 Å². The maximum atomic E-state index is 14.0. The van der Waals surface area contributed by atoms with Crippen LogP contribution in [0.4, 0.5) is 35.5 Å². The van der Waals surface area contributed by atoms with Crippen molar-refractivity contribution < 1.29 is 27.4 Å². The van der Waals surface area contributed by atoms with E-state index in [1.54, 1.807) is 46.0 Å². The standard InChI is InChI=1S/C25H32ClF3N6O3/c1-23(2,3)38-22(36)35(6)24(4,5)13-37-16-9-7-14(8-10-16)19-17(25(27,28)29)11-15(12-18(19)26)31-21-32-20(30)33-34-21/h7-9,11-12,16H,10,13H2,1-6H3,(H4,30,31,32,33,34). The third-order valence-corrected chi connectivity index (χ3v) is 6.03. The number of ether oxygens (including phenoxy) is 2. The number of nitrogens with two attached hydrogens (primary N) is 1. The number of allylic oxidation sites excluding steroid dienone is 2. The quantitative estimate of drug-likeness (QED) is 0.373. The zero-order valence-electron chi connectivity index (χ0n) is 22.0. The van der Waals surface area contributed by atoms with Gasteiger partial charge in [-0.3, -0.25) is 0 Å². The molecule has 1 aromatic carbocycles. The van der Waals surface area contributed by atoms with Crippen LogP contribution in [-0.4, -0.2) is 57.1 Å². The summed E-state index contributed by atoms with van der Waals surface area (Å²) in [6.07, 6.45) is -0.346. The normalized spacial score (nSPS) is 16.3. The van der Waals surface area contributed by atoms with Gasteiger partial charge in [0.05, 0.1) is 28.8 Å². The number of hydrogen-bond donors (Lipinski definition) is 3. The largest absolute Gasteiger partial charge is 0.444 e. The van der Waals surface area contributed by atoms with Crippen LogP contribution in [0.5, 0.6) is 0 Å². The number of nitrogen functional groups attached to an aromatic ring is 1. The van der Waals surface area contributed by atoms with E-state index < -0.39 is 35.1 Å². The van der Waals surface area contributed by atoms with E-state index >= 15 is 0 Å². The Morgan fingerprint density at radius 3 is 2.47 bits per heavy atom. The van der Waals surface area contributed by atoms with E-state index in [-0.39, 0.29) is 34.8 Å². The first-order valence-corrected chi connectivity index (χ1v) is 12.2. The van der Waals surface area contributed by atoms with Crippen LogP contribution in [0.1, 0.15) is 52.2 Å². The second-order valence-electron chi connectivity index (χ2n) is 10.5. The SMILES string of the molecule is CN(C(=O)OC(C)(C)C)C(C)(C)COC1C=CC(c2c(Cl)cc(Nc3n[nH]c(N)n3)cc2C(F)(F)F)=CC1. The Hall–Kier alpha value is -3.25. The highest BCUT2D eigenvalue weighted by molar-refractivity contribution is 6.33. The van der Waals surface area contributed by atoms with Crippen molar-refractivity contribution in [3.8, 4) is 0 Å². The van der Waals surface area contributed by atoms with E-state index in [9.17, 15) is 18.0 Å². The monoisotopic (exact) mass is 556 g/mol. The van der Waals surface area contributed by atoms with Crippen LogP contribution in [0.3, 0.4) is 0 Å². The van der Waals surface area contributed by atoms with Crippen molar-refractivity contribution in [1.82, 2.24) is 20.1 Å². The van der Waals surface area contributed by atoms with Gasteiger partial charge in [-0.1, -0.05) is 29.8 Å². The van der Waals surface area contributed by atoms with Gasteiger partial charge in [0, 0.05) is 18.3 Å². The van der Waals surface area contributed by atoms with Crippen LogP contribution in [0.2, 0.25) is 5.02 Å². The Morgan fingerprint density at radius 1 is 1.26 bits per heavy atom. The van der Waals surface area contributed by atoms with Gasteiger partial charge >= 0.3 is 12.3 Å². The van der Waals surface area contributed by atoms with Gasteiger partial charge in [-0.15, -0.1) is 5.10 Å². The number of benzene rings is 1. The van der Waals surface area contributed by atoms with Gasteiger partial charge < -0.3 is 25.4 Å². The van der Waals surface area contributed by atoms with Crippen molar-refractivity contribution in [3.05, 3.63) is 46.5 Å². The molecular weight excluding hydrogens is 525 g/mol. The Labute approximate surface area is 224 Å². The number of carbonyl (C=O) groups excluding carboxylic acids is 1. The lowest BCUT2D eigenvalue weighted by Crippen LogP contribution is -2.50. The second-order valence-corrected chi connectivity index (χ2v) is 10.9. The topological polar surface area (TPSA) is 118 Å². The first-order valence-electron chi connectivity index (χ1n) is 11.8. The molecule has 38 heavy (non-hydrogen) atoms. The van der Waals surface area contributed by atoms with Crippen molar-refractivity contribution in [2.24, 2.45) is 0 Å². The molecule has 1 heterocycles. The average molecular weight is 557 g/mol. The lowest BCUT2D eigenvalue weighted by Gasteiger charge is -2.37. The van der Waals surface area contributed by atoms with Crippen molar-refractivity contribution >= 4 is 40.9 Å². The minimum atomic E-state index is -4.67. The fourth-order valence-corrected chi connectivity index (χ4v) is 3.88. The number of H-pyrrole nitrogens is 1. The minimum absolute atomic E-state index is 0.0106. The van der Waals surface area contributed by atoms with Crippen molar-refractivity contribution in [2.75, 3.05) is 24.7 Å². The number of hydrogen-bond acceptors (Lipinski definition) is 7.